The smallest absolute Gasteiger partial charge is 0.173 e. The Kier molecular flexibility index (Phi) is 3.90. The summed E-state index contributed by atoms with van der Waals surface area (Å²) in [6.45, 7) is 4.97. The quantitative estimate of drug-likeness (QED) is 0.507. The van der Waals surface area contributed by atoms with Crippen molar-refractivity contribution in [3.8, 4) is 0 Å². The van der Waals surface area contributed by atoms with Gasteiger partial charge in [0.15, 0.2) is 23.1 Å². The van der Waals surface area contributed by atoms with Crippen molar-refractivity contribution in [2.24, 2.45) is 0 Å². The molecule has 3 aromatic heterocycles. The third-order valence-corrected chi connectivity index (χ3v) is 5.00. The van der Waals surface area contributed by atoms with Gasteiger partial charge >= 0.3 is 0 Å². The second kappa shape index (κ2) is 6.45. The number of nitrogens with zero attached hydrogens (tertiary/aromatic N) is 4. The number of halogens is 2. The first-order chi connectivity index (χ1) is 13.6. The average molecular weight is 383 g/mol. The highest BCUT2D eigenvalue weighted by Gasteiger charge is 2.19. The molecule has 1 aliphatic rings. The SMILES string of the molecule is Cc1cn2cc(Nc3n[nH]c4c(F)c(N5CCNCC5)ccc34)cc(F)c2n1. The fourth-order valence-corrected chi connectivity index (χ4v) is 3.67. The molecule has 0 aliphatic carbocycles. The molecule has 0 atom stereocenters. The van der Waals surface area contributed by atoms with Crippen LogP contribution >= 0.6 is 0 Å². The third kappa shape index (κ3) is 2.75. The van der Waals surface area contributed by atoms with Gasteiger partial charge in [-0.3, -0.25) is 5.10 Å². The number of hydrogen-bond donors (Lipinski definition) is 3. The van der Waals surface area contributed by atoms with Crippen LogP contribution in [0.15, 0.2) is 30.6 Å². The summed E-state index contributed by atoms with van der Waals surface area (Å²) in [5.41, 5.74) is 2.39. The summed E-state index contributed by atoms with van der Waals surface area (Å²) in [5.74, 6) is -0.326. The molecule has 5 rings (SSSR count). The van der Waals surface area contributed by atoms with Crippen molar-refractivity contribution in [1.82, 2.24) is 24.9 Å². The summed E-state index contributed by atoms with van der Waals surface area (Å²) < 4.78 is 31.0. The highest BCUT2D eigenvalue weighted by atomic mass is 19.1. The number of anilines is 3. The second-order valence-electron chi connectivity index (χ2n) is 6.95. The van der Waals surface area contributed by atoms with E-state index in [0.717, 1.165) is 31.9 Å². The summed E-state index contributed by atoms with van der Waals surface area (Å²) in [6, 6.07) is 4.96. The number of piperazine rings is 1. The van der Waals surface area contributed by atoms with Gasteiger partial charge in [0.1, 0.15) is 5.52 Å². The largest absolute Gasteiger partial charge is 0.367 e. The van der Waals surface area contributed by atoms with Crippen molar-refractivity contribution in [2.75, 3.05) is 36.4 Å². The lowest BCUT2D eigenvalue weighted by Gasteiger charge is -2.29. The van der Waals surface area contributed by atoms with Gasteiger partial charge in [-0.25, -0.2) is 13.8 Å². The molecule has 3 N–H and O–H groups in total. The van der Waals surface area contributed by atoms with E-state index < -0.39 is 5.82 Å². The predicted octanol–water partition coefficient (Wildman–Crippen LogP) is 2.95. The van der Waals surface area contributed by atoms with E-state index in [1.54, 1.807) is 29.8 Å². The molecular weight excluding hydrogens is 364 g/mol. The molecule has 0 radical (unpaired) electrons. The minimum absolute atomic E-state index is 0.265. The minimum Gasteiger partial charge on any atom is -0.367 e. The van der Waals surface area contributed by atoms with Crippen molar-refractivity contribution < 1.29 is 8.78 Å². The number of fused-ring (bicyclic) bond motifs is 2. The molecule has 0 saturated carbocycles. The van der Waals surface area contributed by atoms with Crippen LogP contribution < -0.4 is 15.5 Å². The second-order valence-corrected chi connectivity index (χ2v) is 6.95. The van der Waals surface area contributed by atoms with Crippen molar-refractivity contribution in [1.29, 1.82) is 0 Å². The summed E-state index contributed by atoms with van der Waals surface area (Å²) in [6.07, 6.45) is 3.47. The standard InChI is InChI=1S/C19H19F2N7/c1-11-9-28-10-12(8-14(20)19(28)23-11)24-18-13-2-3-15(16(21)17(13)25-26-18)27-6-4-22-5-7-27/h2-3,8-10,22H,4-7H2,1H3,(H2,24,25,26). The first kappa shape index (κ1) is 16.9. The Labute approximate surface area is 159 Å². The average Bonchev–Trinajstić information content (AvgIpc) is 3.27. The van der Waals surface area contributed by atoms with Gasteiger partial charge in [-0.2, -0.15) is 5.10 Å². The Balaban J connectivity index is 1.51. The van der Waals surface area contributed by atoms with E-state index in [1.807, 2.05) is 11.0 Å². The Bertz CT molecular complexity index is 1170. The molecule has 1 saturated heterocycles. The summed E-state index contributed by atoms with van der Waals surface area (Å²) in [4.78, 5) is 6.16. The van der Waals surface area contributed by atoms with E-state index in [0.29, 0.717) is 28.1 Å². The fraction of sp³-hybridized carbons (Fsp3) is 0.263. The van der Waals surface area contributed by atoms with Gasteiger partial charge in [-0.05, 0) is 19.1 Å². The number of pyridine rings is 1. The molecular formula is C19H19F2N7. The van der Waals surface area contributed by atoms with Crippen LogP contribution in [0.4, 0.5) is 26.0 Å². The van der Waals surface area contributed by atoms with E-state index in [4.69, 9.17) is 0 Å². The minimum atomic E-state index is -0.440. The summed E-state index contributed by atoms with van der Waals surface area (Å²) in [7, 11) is 0. The van der Waals surface area contributed by atoms with Gasteiger partial charge in [0.2, 0.25) is 0 Å². The number of rotatable bonds is 3. The van der Waals surface area contributed by atoms with Gasteiger partial charge in [0.25, 0.3) is 0 Å². The first-order valence-electron chi connectivity index (χ1n) is 9.14. The fourth-order valence-electron chi connectivity index (χ4n) is 3.67. The monoisotopic (exact) mass is 383 g/mol. The predicted molar refractivity (Wildman–Crippen MR) is 104 cm³/mol. The molecule has 1 aromatic carbocycles. The zero-order valence-corrected chi connectivity index (χ0v) is 15.3. The molecule has 0 spiro atoms. The molecule has 28 heavy (non-hydrogen) atoms. The van der Waals surface area contributed by atoms with Crippen LogP contribution in [0.2, 0.25) is 0 Å². The molecule has 4 aromatic rings. The van der Waals surface area contributed by atoms with E-state index >= 15 is 4.39 Å². The van der Waals surface area contributed by atoms with Crippen LogP contribution in [0.3, 0.4) is 0 Å². The first-order valence-corrected chi connectivity index (χ1v) is 9.14. The van der Waals surface area contributed by atoms with Crippen LogP contribution in [-0.2, 0) is 0 Å². The van der Waals surface area contributed by atoms with Gasteiger partial charge in [0.05, 0.1) is 17.1 Å². The summed E-state index contributed by atoms with van der Waals surface area (Å²) >= 11 is 0. The topological polar surface area (TPSA) is 73.3 Å². The Hall–Kier alpha value is -3.20. The Morgan fingerprint density at radius 3 is 2.79 bits per heavy atom. The lowest BCUT2D eigenvalue weighted by Crippen LogP contribution is -2.43. The lowest BCUT2D eigenvalue weighted by molar-refractivity contribution is 0.569. The Morgan fingerprint density at radius 1 is 1.14 bits per heavy atom. The molecule has 1 aliphatic heterocycles. The number of nitrogens with one attached hydrogen (secondary N) is 3. The zero-order valence-electron chi connectivity index (χ0n) is 15.3. The van der Waals surface area contributed by atoms with E-state index in [-0.39, 0.29) is 11.5 Å². The molecule has 0 unspecified atom stereocenters. The number of aryl methyl sites for hydroxylation is 1. The molecule has 0 bridgehead atoms. The number of hydrogen-bond acceptors (Lipinski definition) is 5. The molecule has 1 fully saturated rings. The Morgan fingerprint density at radius 2 is 1.96 bits per heavy atom. The zero-order chi connectivity index (χ0) is 19.3. The highest BCUT2D eigenvalue weighted by Crippen LogP contribution is 2.31. The molecule has 4 heterocycles. The van der Waals surface area contributed by atoms with Crippen LogP contribution in [0.5, 0.6) is 0 Å². The normalized spacial score (nSPS) is 14.9. The highest BCUT2D eigenvalue weighted by molar-refractivity contribution is 5.94. The maximum Gasteiger partial charge on any atom is 0.173 e. The maximum absolute atomic E-state index is 15.0. The number of aromatic amines is 1. The van der Waals surface area contributed by atoms with E-state index in [9.17, 15) is 4.39 Å². The number of H-pyrrole nitrogens is 1. The van der Waals surface area contributed by atoms with E-state index in [1.165, 1.54) is 6.07 Å². The van der Waals surface area contributed by atoms with Gasteiger partial charge < -0.3 is 19.9 Å². The van der Waals surface area contributed by atoms with Crippen molar-refractivity contribution >= 4 is 33.7 Å². The number of benzene rings is 1. The van der Waals surface area contributed by atoms with Crippen molar-refractivity contribution in [3.05, 3.63) is 47.9 Å². The van der Waals surface area contributed by atoms with Crippen LogP contribution in [-0.4, -0.2) is 45.8 Å². The molecule has 144 valence electrons. The van der Waals surface area contributed by atoms with E-state index in [2.05, 4.69) is 25.8 Å². The van der Waals surface area contributed by atoms with Gasteiger partial charge in [-0.15, -0.1) is 0 Å². The van der Waals surface area contributed by atoms with Crippen LogP contribution in [0.25, 0.3) is 16.6 Å². The van der Waals surface area contributed by atoms with Crippen molar-refractivity contribution in [2.45, 2.75) is 6.92 Å². The van der Waals surface area contributed by atoms with Gasteiger partial charge in [-0.1, -0.05) is 0 Å². The molecule has 0 amide bonds. The van der Waals surface area contributed by atoms with Gasteiger partial charge in [0, 0.05) is 50.0 Å². The summed E-state index contributed by atoms with van der Waals surface area (Å²) in [5, 5.41) is 13.9. The van der Waals surface area contributed by atoms with Crippen LogP contribution in [0.1, 0.15) is 5.69 Å². The lowest BCUT2D eigenvalue weighted by atomic mass is 10.2. The van der Waals surface area contributed by atoms with Crippen LogP contribution in [0, 0.1) is 18.6 Å². The number of aromatic nitrogens is 4. The maximum atomic E-state index is 15.0. The van der Waals surface area contributed by atoms with Crippen molar-refractivity contribution in [3.63, 3.8) is 0 Å². The molecule has 9 heteroatoms. The number of imidazole rings is 1. The molecule has 7 nitrogen and oxygen atoms in total. The third-order valence-electron chi connectivity index (χ3n) is 5.00.